The van der Waals surface area contributed by atoms with Gasteiger partial charge in [-0.3, -0.25) is 4.79 Å². The molecule has 0 aliphatic rings. The minimum absolute atomic E-state index is 0.0497. The van der Waals surface area contributed by atoms with Gasteiger partial charge in [-0.15, -0.1) is 0 Å². The maximum absolute atomic E-state index is 12.2. The molecule has 24 heavy (non-hydrogen) atoms. The Morgan fingerprint density at radius 3 is 2.50 bits per heavy atom. The van der Waals surface area contributed by atoms with Crippen LogP contribution in [-0.2, 0) is 4.79 Å². The van der Waals surface area contributed by atoms with Crippen LogP contribution in [0.25, 0.3) is 0 Å². The number of aryl methyl sites for hydroxylation is 1. The van der Waals surface area contributed by atoms with Crippen molar-refractivity contribution in [3.8, 4) is 0 Å². The lowest BCUT2D eigenvalue weighted by Crippen LogP contribution is -2.25. The predicted molar refractivity (Wildman–Crippen MR) is 103 cm³/mol. The summed E-state index contributed by atoms with van der Waals surface area (Å²) in [4.78, 5) is 13.3. The lowest BCUT2D eigenvalue weighted by molar-refractivity contribution is -0.122. The Hall–Kier alpha value is -2.07. The van der Waals surface area contributed by atoms with Gasteiger partial charge in [0.15, 0.2) is 0 Å². The van der Waals surface area contributed by atoms with Crippen molar-refractivity contribution in [1.29, 1.82) is 0 Å². The number of likely N-dealkylation sites (N-methyl/N-ethyl adjacent to an activating group) is 1. The summed E-state index contributed by atoms with van der Waals surface area (Å²) < 4.78 is 4.69. The fraction of sp³-hybridized carbons (Fsp3) is 0.300. The standard InChI is InChI=1S/C20H24N2OS/c1-5-17(20(23)21-4)18-13-9-10-14(2)19(18)24-22-15(3)16-11-7-6-8-12-16/h6-13,17H,5H2,1-4H3,(H,21,23)/b22-15+. The highest BCUT2D eigenvalue weighted by molar-refractivity contribution is 7.98. The quantitative estimate of drug-likeness (QED) is 0.609. The zero-order valence-electron chi connectivity index (χ0n) is 14.7. The Balaban J connectivity index is 2.35. The van der Waals surface area contributed by atoms with Crippen molar-refractivity contribution in [1.82, 2.24) is 5.32 Å². The molecule has 1 N–H and O–H groups in total. The molecule has 1 unspecified atom stereocenters. The van der Waals surface area contributed by atoms with Gasteiger partial charge in [0.05, 0.1) is 11.6 Å². The average molecular weight is 340 g/mol. The van der Waals surface area contributed by atoms with E-state index in [1.807, 2.05) is 44.2 Å². The van der Waals surface area contributed by atoms with Crippen LogP contribution in [-0.4, -0.2) is 18.7 Å². The van der Waals surface area contributed by atoms with E-state index in [9.17, 15) is 4.79 Å². The topological polar surface area (TPSA) is 41.5 Å². The molecule has 126 valence electrons. The molecule has 2 aromatic rings. The summed E-state index contributed by atoms with van der Waals surface area (Å²) in [7, 11) is 1.69. The van der Waals surface area contributed by atoms with Crippen LogP contribution in [0, 0.1) is 6.92 Å². The van der Waals surface area contributed by atoms with Crippen molar-refractivity contribution in [3.63, 3.8) is 0 Å². The third-order valence-electron chi connectivity index (χ3n) is 4.05. The number of carbonyl (C=O) groups is 1. The van der Waals surface area contributed by atoms with Crippen molar-refractivity contribution in [2.45, 2.75) is 38.0 Å². The van der Waals surface area contributed by atoms with Crippen LogP contribution in [0.2, 0.25) is 0 Å². The van der Waals surface area contributed by atoms with Crippen molar-refractivity contribution in [2.24, 2.45) is 4.40 Å². The van der Waals surface area contributed by atoms with Crippen molar-refractivity contribution in [3.05, 3.63) is 65.2 Å². The van der Waals surface area contributed by atoms with Crippen molar-refractivity contribution >= 4 is 23.6 Å². The van der Waals surface area contributed by atoms with Gasteiger partial charge in [0.2, 0.25) is 5.91 Å². The first-order chi connectivity index (χ1) is 11.6. The van der Waals surface area contributed by atoms with E-state index in [2.05, 4.69) is 34.8 Å². The summed E-state index contributed by atoms with van der Waals surface area (Å²) in [6.45, 7) is 6.11. The number of carbonyl (C=O) groups excluding carboxylic acids is 1. The summed E-state index contributed by atoms with van der Waals surface area (Å²) in [5.74, 6) is -0.0988. The van der Waals surface area contributed by atoms with E-state index < -0.39 is 0 Å². The molecular weight excluding hydrogens is 316 g/mol. The van der Waals surface area contributed by atoms with Gasteiger partial charge in [0, 0.05) is 23.9 Å². The van der Waals surface area contributed by atoms with Gasteiger partial charge < -0.3 is 5.32 Å². The molecule has 2 rings (SSSR count). The molecule has 0 aromatic heterocycles. The smallest absolute Gasteiger partial charge is 0.227 e. The highest BCUT2D eigenvalue weighted by atomic mass is 32.2. The fourth-order valence-corrected chi connectivity index (χ4v) is 3.50. The molecule has 0 saturated carbocycles. The van der Waals surface area contributed by atoms with E-state index in [0.29, 0.717) is 0 Å². The number of amides is 1. The maximum atomic E-state index is 12.2. The number of hydrogen-bond acceptors (Lipinski definition) is 3. The number of nitrogens with zero attached hydrogens (tertiary/aromatic N) is 1. The van der Waals surface area contributed by atoms with Gasteiger partial charge in [0.1, 0.15) is 0 Å². The lowest BCUT2D eigenvalue weighted by Gasteiger charge is -2.18. The summed E-state index contributed by atoms with van der Waals surface area (Å²) in [5.41, 5.74) is 4.28. The highest BCUT2D eigenvalue weighted by Gasteiger charge is 2.21. The van der Waals surface area contributed by atoms with Crippen LogP contribution in [0.15, 0.2) is 57.8 Å². The summed E-state index contributed by atoms with van der Waals surface area (Å²) in [6.07, 6.45) is 0.762. The fourth-order valence-electron chi connectivity index (χ4n) is 2.64. The number of hydrogen-bond donors (Lipinski definition) is 1. The molecular formula is C20H24N2OS. The minimum atomic E-state index is -0.148. The Labute approximate surface area is 148 Å². The Kier molecular flexibility index (Phi) is 6.62. The number of nitrogens with one attached hydrogen (secondary N) is 1. The predicted octanol–water partition coefficient (Wildman–Crippen LogP) is 4.75. The summed E-state index contributed by atoms with van der Waals surface area (Å²) >= 11 is 1.46. The molecule has 0 aliphatic heterocycles. The van der Waals surface area contributed by atoms with Crippen molar-refractivity contribution < 1.29 is 4.79 Å². The monoisotopic (exact) mass is 340 g/mol. The average Bonchev–Trinajstić information content (AvgIpc) is 2.62. The summed E-state index contributed by atoms with van der Waals surface area (Å²) in [6, 6.07) is 16.2. The van der Waals surface area contributed by atoms with E-state index in [4.69, 9.17) is 0 Å². The molecule has 0 spiro atoms. The minimum Gasteiger partial charge on any atom is -0.359 e. The summed E-state index contributed by atoms with van der Waals surface area (Å²) in [5, 5.41) is 2.77. The Bertz CT molecular complexity index is 726. The second-order valence-corrected chi connectivity index (χ2v) is 6.48. The van der Waals surface area contributed by atoms with E-state index >= 15 is 0 Å². The SMILES string of the molecule is CCC(C(=O)NC)c1cccc(C)c1S/N=C(\C)c1ccccc1. The van der Waals surface area contributed by atoms with Gasteiger partial charge in [-0.25, -0.2) is 4.40 Å². The van der Waals surface area contributed by atoms with E-state index in [1.165, 1.54) is 11.9 Å². The molecule has 1 atom stereocenters. The van der Waals surface area contributed by atoms with Crippen molar-refractivity contribution in [2.75, 3.05) is 7.05 Å². The molecule has 0 aliphatic carbocycles. The Morgan fingerprint density at radius 1 is 1.17 bits per heavy atom. The Morgan fingerprint density at radius 2 is 1.88 bits per heavy atom. The number of rotatable bonds is 6. The number of benzene rings is 2. The molecule has 1 amide bonds. The third kappa shape index (κ3) is 4.26. The zero-order chi connectivity index (χ0) is 17.5. The van der Waals surface area contributed by atoms with Crippen LogP contribution in [0.5, 0.6) is 0 Å². The van der Waals surface area contributed by atoms with E-state index in [-0.39, 0.29) is 11.8 Å². The van der Waals surface area contributed by atoms with Gasteiger partial charge in [-0.1, -0.05) is 55.5 Å². The third-order valence-corrected chi connectivity index (χ3v) is 5.16. The first kappa shape index (κ1) is 18.3. The maximum Gasteiger partial charge on any atom is 0.227 e. The molecule has 3 nitrogen and oxygen atoms in total. The molecule has 0 bridgehead atoms. The van der Waals surface area contributed by atoms with Gasteiger partial charge in [-0.05, 0) is 37.0 Å². The first-order valence-corrected chi connectivity index (χ1v) is 8.94. The molecule has 0 radical (unpaired) electrons. The molecule has 2 aromatic carbocycles. The van der Waals surface area contributed by atoms with Crippen LogP contribution in [0.3, 0.4) is 0 Å². The highest BCUT2D eigenvalue weighted by Crippen LogP contribution is 2.34. The molecule has 0 saturated heterocycles. The second-order valence-electron chi connectivity index (χ2n) is 5.70. The van der Waals surface area contributed by atoms with Crippen LogP contribution in [0.4, 0.5) is 0 Å². The molecule has 4 heteroatoms. The van der Waals surface area contributed by atoms with Crippen LogP contribution >= 0.6 is 11.9 Å². The van der Waals surface area contributed by atoms with Gasteiger partial charge >= 0.3 is 0 Å². The zero-order valence-corrected chi connectivity index (χ0v) is 15.5. The van der Waals surface area contributed by atoms with Crippen LogP contribution in [0.1, 0.15) is 42.9 Å². The van der Waals surface area contributed by atoms with Gasteiger partial charge in [0.25, 0.3) is 0 Å². The largest absolute Gasteiger partial charge is 0.359 e. The lowest BCUT2D eigenvalue weighted by atomic mass is 9.94. The van der Waals surface area contributed by atoms with E-state index in [0.717, 1.165) is 33.7 Å². The van der Waals surface area contributed by atoms with Gasteiger partial charge in [-0.2, -0.15) is 0 Å². The van der Waals surface area contributed by atoms with Crippen LogP contribution < -0.4 is 5.32 Å². The molecule has 0 fully saturated rings. The van der Waals surface area contributed by atoms with E-state index in [1.54, 1.807) is 7.05 Å². The normalized spacial score (nSPS) is 12.8. The first-order valence-electron chi connectivity index (χ1n) is 8.16. The molecule has 0 heterocycles. The second kappa shape index (κ2) is 8.69.